The molecule has 0 bridgehead atoms. The lowest BCUT2D eigenvalue weighted by Gasteiger charge is -2.12. The average Bonchev–Trinajstić information content (AvgIpc) is 2.52. The predicted octanol–water partition coefficient (Wildman–Crippen LogP) is 1.49. The summed E-state index contributed by atoms with van der Waals surface area (Å²) in [6, 6.07) is 0. The van der Waals surface area contributed by atoms with Crippen molar-refractivity contribution in [3.63, 3.8) is 0 Å². The molecule has 3 heteroatoms. The number of amides is 1. The summed E-state index contributed by atoms with van der Waals surface area (Å²) in [4.78, 5) is 13.2. The van der Waals surface area contributed by atoms with Crippen LogP contribution in [0, 0.1) is 0 Å². The minimum absolute atomic E-state index is 0.273. The summed E-state index contributed by atoms with van der Waals surface area (Å²) in [7, 11) is 0. The Kier molecular flexibility index (Phi) is 3.49. The highest BCUT2D eigenvalue weighted by molar-refractivity contribution is 7.99. The van der Waals surface area contributed by atoms with Crippen molar-refractivity contribution in [3.05, 3.63) is 12.7 Å². The number of nitrogens with zero attached hydrogens (tertiary/aromatic N) is 1. The number of rotatable bonds is 3. The van der Waals surface area contributed by atoms with E-state index in [0.717, 1.165) is 24.6 Å². The third-order valence-corrected chi connectivity index (χ3v) is 2.63. The van der Waals surface area contributed by atoms with Crippen LogP contribution in [0.2, 0.25) is 0 Å². The van der Waals surface area contributed by atoms with E-state index >= 15 is 0 Å². The molecule has 0 aromatic heterocycles. The molecule has 0 N–H and O–H groups in total. The van der Waals surface area contributed by atoms with Gasteiger partial charge in [-0.25, -0.2) is 0 Å². The topological polar surface area (TPSA) is 20.3 Å². The molecule has 11 heavy (non-hydrogen) atoms. The first-order valence-electron chi connectivity index (χ1n) is 3.81. The molecule has 0 spiro atoms. The molecule has 0 unspecified atom stereocenters. The molecule has 2 nitrogen and oxygen atoms in total. The second-order valence-corrected chi connectivity index (χ2v) is 3.60. The molecule has 0 radical (unpaired) electrons. The third-order valence-electron chi connectivity index (χ3n) is 1.67. The van der Waals surface area contributed by atoms with Crippen LogP contribution in [0.1, 0.15) is 12.8 Å². The van der Waals surface area contributed by atoms with Gasteiger partial charge in [-0.05, 0) is 6.42 Å². The molecule has 1 rings (SSSR count). The standard InChI is InChI=1S/C8H13NOS/c1-2-3-4-8(10)9-5-6-11-7-9/h2H,1,3-7H2. The van der Waals surface area contributed by atoms with Crippen LogP contribution in [0.5, 0.6) is 0 Å². The van der Waals surface area contributed by atoms with Gasteiger partial charge in [0.25, 0.3) is 0 Å². The van der Waals surface area contributed by atoms with E-state index < -0.39 is 0 Å². The number of carbonyl (C=O) groups is 1. The van der Waals surface area contributed by atoms with Crippen molar-refractivity contribution in [1.29, 1.82) is 0 Å². The van der Waals surface area contributed by atoms with Gasteiger partial charge in [-0.1, -0.05) is 6.08 Å². The molecule has 1 saturated heterocycles. The lowest BCUT2D eigenvalue weighted by molar-refractivity contribution is -0.129. The van der Waals surface area contributed by atoms with Gasteiger partial charge in [0, 0.05) is 18.7 Å². The van der Waals surface area contributed by atoms with E-state index in [9.17, 15) is 4.79 Å². The summed E-state index contributed by atoms with van der Waals surface area (Å²) in [5, 5.41) is 0. The molecule has 1 fully saturated rings. The first-order chi connectivity index (χ1) is 5.34. The van der Waals surface area contributed by atoms with Crippen molar-refractivity contribution in [1.82, 2.24) is 4.90 Å². The maximum absolute atomic E-state index is 11.3. The molecule has 0 aromatic rings. The van der Waals surface area contributed by atoms with Crippen LogP contribution in [0.3, 0.4) is 0 Å². The number of allylic oxidation sites excluding steroid dienone is 1. The number of carbonyl (C=O) groups excluding carboxylic acids is 1. The normalized spacial score (nSPS) is 16.9. The zero-order chi connectivity index (χ0) is 8.10. The first-order valence-corrected chi connectivity index (χ1v) is 4.96. The van der Waals surface area contributed by atoms with Crippen molar-refractivity contribution in [2.24, 2.45) is 0 Å². The number of thioether (sulfide) groups is 1. The van der Waals surface area contributed by atoms with Crippen LogP contribution in [-0.4, -0.2) is 29.0 Å². The molecule has 1 aliphatic rings. The summed E-state index contributed by atoms with van der Waals surface area (Å²) in [5.41, 5.74) is 0. The van der Waals surface area contributed by atoms with Gasteiger partial charge < -0.3 is 4.90 Å². The Labute approximate surface area is 71.6 Å². The fraction of sp³-hybridized carbons (Fsp3) is 0.625. The summed E-state index contributed by atoms with van der Waals surface area (Å²) in [6.07, 6.45) is 3.23. The van der Waals surface area contributed by atoms with Gasteiger partial charge in [-0.3, -0.25) is 4.79 Å². The Balaban J connectivity index is 2.22. The Bertz CT molecular complexity index is 152. The molecule has 0 aromatic carbocycles. The fourth-order valence-corrected chi connectivity index (χ4v) is 1.97. The van der Waals surface area contributed by atoms with Crippen molar-refractivity contribution in [3.8, 4) is 0 Å². The van der Waals surface area contributed by atoms with Crippen molar-refractivity contribution in [2.45, 2.75) is 12.8 Å². The molecule has 0 atom stereocenters. The molecular weight excluding hydrogens is 158 g/mol. The largest absolute Gasteiger partial charge is 0.333 e. The first kappa shape index (κ1) is 8.65. The number of hydrogen-bond donors (Lipinski definition) is 0. The van der Waals surface area contributed by atoms with Gasteiger partial charge in [-0.15, -0.1) is 18.3 Å². The molecule has 1 amide bonds. The molecule has 0 aliphatic carbocycles. The molecule has 62 valence electrons. The quantitative estimate of drug-likeness (QED) is 0.600. The van der Waals surface area contributed by atoms with Crippen LogP contribution >= 0.6 is 11.8 Å². The lowest BCUT2D eigenvalue weighted by Crippen LogP contribution is -2.27. The minimum atomic E-state index is 0.273. The number of hydrogen-bond acceptors (Lipinski definition) is 2. The maximum atomic E-state index is 11.3. The summed E-state index contributed by atoms with van der Waals surface area (Å²) in [5.74, 6) is 2.26. The van der Waals surface area contributed by atoms with Gasteiger partial charge in [0.15, 0.2) is 0 Å². The van der Waals surface area contributed by atoms with Crippen LogP contribution in [0.25, 0.3) is 0 Å². The Hall–Kier alpha value is -0.440. The molecule has 0 saturated carbocycles. The Morgan fingerprint density at radius 1 is 1.73 bits per heavy atom. The maximum Gasteiger partial charge on any atom is 0.223 e. The van der Waals surface area contributed by atoms with Crippen LogP contribution in [-0.2, 0) is 4.79 Å². The smallest absolute Gasteiger partial charge is 0.223 e. The van der Waals surface area contributed by atoms with Crippen LogP contribution in [0.15, 0.2) is 12.7 Å². The lowest BCUT2D eigenvalue weighted by atomic mass is 10.3. The second-order valence-electron chi connectivity index (χ2n) is 2.52. The van der Waals surface area contributed by atoms with Crippen molar-refractivity contribution in [2.75, 3.05) is 18.2 Å². The minimum Gasteiger partial charge on any atom is -0.333 e. The summed E-state index contributed by atoms with van der Waals surface area (Å²) >= 11 is 1.82. The zero-order valence-corrected chi connectivity index (χ0v) is 7.40. The van der Waals surface area contributed by atoms with Crippen molar-refractivity contribution >= 4 is 17.7 Å². The van der Waals surface area contributed by atoms with E-state index in [-0.39, 0.29) is 5.91 Å². The Morgan fingerprint density at radius 2 is 2.55 bits per heavy atom. The van der Waals surface area contributed by atoms with Gasteiger partial charge >= 0.3 is 0 Å². The van der Waals surface area contributed by atoms with Gasteiger partial charge in [-0.2, -0.15) is 0 Å². The van der Waals surface area contributed by atoms with E-state index in [1.807, 2.05) is 16.7 Å². The summed E-state index contributed by atoms with van der Waals surface area (Å²) in [6.45, 7) is 4.51. The van der Waals surface area contributed by atoms with Crippen molar-refractivity contribution < 1.29 is 4.79 Å². The van der Waals surface area contributed by atoms with E-state index in [1.54, 1.807) is 6.08 Å². The van der Waals surface area contributed by atoms with Gasteiger partial charge in [0.05, 0.1) is 5.88 Å². The van der Waals surface area contributed by atoms with E-state index in [2.05, 4.69) is 6.58 Å². The molecule has 1 heterocycles. The molecule has 1 aliphatic heterocycles. The average molecular weight is 171 g/mol. The zero-order valence-electron chi connectivity index (χ0n) is 6.58. The fourth-order valence-electron chi connectivity index (χ4n) is 0.994. The van der Waals surface area contributed by atoms with Crippen LogP contribution < -0.4 is 0 Å². The van der Waals surface area contributed by atoms with Gasteiger partial charge in [0.1, 0.15) is 0 Å². The SMILES string of the molecule is C=CCCC(=O)N1CCSC1. The van der Waals surface area contributed by atoms with Gasteiger partial charge in [0.2, 0.25) is 5.91 Å². The van der Waals surface area contributed by atoms with E-state index in [0.29, 0.717) is 6.42 Å². The predicted molar refractivity (Wildman–Crippen MR) is 48.5 cm³/mol. The van der Waals surface area contributed by atoms with Crippen LogP contribution in [0.4, 0.5) is 0 Å². The molecular formula is C8H13NOS. The Morgan fingerprint density at radius 3 is 3.09 bits per heavy atom. The third kappa shape index (κ3) is 2.58. The van der Waals surface area contributed by atoms with E-state index in [4.69, 9.17) is 0 Å². The monoisotopic (exact) mass is 171 g/mol. The highest BCUT2D eigenvalue weighted by Crippen LogP contribution is 2.14. The highest BCUT2D eigenvalue weighted by Gasteiger charge is 2.16. The second kappa shape index (κ2) is 4.44. The highest BCUT2D eigenvalue weighted by atomic mass is 32.2. The summed E-state index contributed by atoms with van der Waals surface area (Å²) < 4.78 is 0. The van der Waals surface area contributed by atoms with E-state index in [1.165, 1.54) is 0 Å².